The van der Waals surface area contributed by atoms with Crippen LogP contribution in [0.25, 0.3) is 50.1 Å². The van der Waals surface area contributed by atoms with Gasteiger partial charge in [0.15, 0.2) is 0 Å². The van der Waals surface area contributed by atoms with Crippen molar-refractivity contribution in [3.05, 3.63) is 193 Å². The second kappa shape index (κ2) is 11.6. The van der Waals surface area contributed by atoms with E-state index in [2.05, 4.69) is 192 Å². The lowest BCUT2D eigenvalue weighted by Crippen LogP contribution is -2.17. The molecule has 7 aromatic carbocycles. The molecule has 0 spiro atoms. The fourth-order valence-corrected chi connectivity index (χ4v) is 8.18. The van der Waals surface area contributed by atoms with Crippen LogP contribution in [-0.4, -0.2) is 0 Å². The molecule has 2 nitrogen and oxygen atoms in total. The molecule has 0 saturated heterocycles. The van der Waals surface area contributed by atoms with E-state index in [-0.39, 0.29) is 0 Å². The first-order valence-corrected chi connectivity index (χ1v) is 17.5. The van der Waals surface area contributed by atoms with Crippen LogP contribution in [0.4, 0.5) is 28.4 Å². The summed E-state index contributed by atoms with van der Waals surface area (Å²) in [5, 5.41) is 0. The Balaban J connectivity index is 1.04. The van der Waals surface area contributed by atoms with Crippen LogP contribution in [0.1, 0.15) is 18.4 Å². The molecular formula is C48H34N2. The van der Waals surface area contributed by atoms with E-state index in [0.29, 0.717) is 0 Å². The first kappa shape index (κ1) is 28.6. The molecule has 10 rings (SSSR count). The van der Waals surface area contributed by atoms with Crippen molar-refractivity contribution in [1.29, 1.82) is 0 Å². The molecular weight excluding hydrogens is 605 g/mol. The zero-order valence-corrected chi connectivity index (χ0v) is 27.6. The van der Waals surface area contributed by atoms with Gasteiger partial charge in [0.2, 0.25) is 0 Å². The van der Waals surface area contributed by atoms with Gasteiger partial charge in [-0.3, -0.25) is 0 Å². The SMILES string of the molecule is C1=CC2=C(CC1)c1ccccc1-c1ccccc1N2c1ccc(-c2ccc(N3c4ccccc4-c4ccccc4-c4ccccc43)cc2)cc1. The number of para-hydroxylation sites is 3. The standard InChI is InChI=1S/C48H34N2/c1-2-14-38-37(13-1)41-17-5-9-21-45(41)49(46-22-10-6-18-42(38)46)35-29-25-33(26-30-35)34-27-31-36(32-28-34)50-47-23-11-7-19-43(47)39-15-3-4-16-40(39)44-20-8-12-24-48(44)50/h1-7,9-19,21-32H,8,20H2. The van der Waals surface area contributed by atoms with Crippen LogP contribution in [0.15, 0.2) is 188 Å². The molecule has 2 heterocycles. The fourth-order valence-electron chi connectivity index (χ4n) is 8.18. The zero-order valence-electron chi connectivity index (χ0n) is 27.6. The average molecular weight is 639 g/mol. The molecule has 0 radical (unpaired) electrons. The smallest absolute Gasteiger partial charge is 0.0540 e. The monoisotopic (exact) mass is 638 g/mol. The maximum absolute atomic E-state index is 2.46. The molecule has 0 aromatic heterocycles. The van der Waals surface area contributed by atoms with Gasteiger partial charge in [-0.1, -0.05) is 133 Å². The van der Waals surface area contributed by atoms with E-state index >= 15 is 0 Å². The second-order valence-electron chi connectivity index (χ2n) is 13.2. The Bertz CT molecular complexity index is 2420. The lowest BCUT2D eigenvalue weighted by Gasteiger charge is -2.29. The van der Waals surface area contributed by atoms with Crippen molar-refractivity contribution in [3.63, 3.8) is 0 Å². The van der Waals surface area contributed by atoms with Crippen molar-refractivity contribution < 1.29 is 0 Å². The predicted octanol–water partition coefficient (Wildman–Crippen LogP) is 13.4. The van der Waals surface area contributed by atoms with Gasteiger partial charge in [-0.25, -0.2) is 0 Å². The van der Waals surface area contributed by atoms with Crippen molar-refractivity contribution in [2.45, 2.75) is 12.8 Å². The number of allylic oxidation sites excluding steroid dienone is 3. The van der Waals surface area contributed by atoms with Crippen LogP contribution >= 0.6 is 0 Å². The van der Waals surface area contributed by atoms with Crippen LogP contribution in [0.3, 0.4) is 0 Å². The highest BCUT2D eigenvalue weighted by atomic mass is 15.2. The number of anilines is 5. The minimum Gasteiger partial charge on any atom is -0.310 e. The fraction of sp³-hybridized carbons (Fsp3) is 0.0417. The summed E-state index contributed by atoms with van der Waals surface area (Å²) in [5.74, 6) is 0. The van der Waals surface area contributed by atoms with Gasteiger partial charge in [-0.15, -0.1) is 0 Å². The molecule has 0 fully saturated rings. The molecule has 0 atom stereocenters. The highest BCUT2D eigenvalue weighted by molar-refractivity contribution is 6.02. The molecule has 0 bridgehead atoms. The largest absolute Gasteiger partial charge is 0.310 e. The minimum absolute atomic E-state index is 1.04. The molecule has 2 heteroatoms. The summed E-state index contributed by atoms with van der Waals surface area (Å²) in [7, 11) is 0. The maximum atomic E-state index is 2.46. The number of nitrogens with zero attached hydrogens (tertiary/aromatic N) is 2. The quantitative estimate of drug-likeness (QED) is 0.190. The average Bonchev–Trinajstić information content (AvgIpc) is 3.40. The predicted molar refractivity (Wildman–Crippen MR) is 210 cm³/mol. The molecule has 0 saturated carbocycles. The Hall–Kier alpha value is -6.38. The summed E-state index contributed by atoms with van der Waals surface area (Å²) < 4.78 is 0. The molecule has 236 valence electrons. The number of hydrogen-bond donors (Lipinski definition) is 0. The first-order valence-electron chi connectivity index (χ1n) is 17.5. The van der Waals surface area contributed by atoms with Gasteiger partial charge < -0.3 is 9.80 Å². The third-order valence-electron chi connectivity index (χ3n) is 10.5. The van der Waals surface area contributed by atoms with Gasteiger partial charge in [0.1, 0.15) is 0 Å². The minimum atomic E-state index is 1.04. The molecule has 50 heavy (non-hydrogen) atoms. The van der Waals surface area contributed by atoms with Gasteiger partial charge in [0.05, 0.1) is 17.1 Å². The number of benzene rings is 7. The van der Waals surface area contributed by atoms with E-state index in [0.717, 1.165) is 18.5 Å². The lowest BCUT2D eigenvalue weighted by atomic mass is 9.90. The van der Waals surface area contributed by atoms with Crippen molar-refractivity contribution in [3.8, 4) is 44.5 Å². The highest BCUT2D eigenvalue weighted by Crippen LogP contribution is 2.51. The van der Waals surface area contributed by atoms with Crippen molar-refractivity contribution in [1.82, 2.24) is 0 Å². The van der Waals surface area contributed by atoms with E-state index in [4.69, 9.17) is 0 Å². The Morgan fingerprint density at radius 2 is 0.720 bits per heavy atom. The third kappa shape index (κ3) is 4.49. The highest BCUT2D eigenvalue weighted by Gasteiger charge is 2.28. The van der Waals surface area contributed by atoms with Gasteiger partial charge in [-0.05, 0) is 100 Å². The molecule has 3 aliphatic rings. The number of rotatable bonds is 3. The van der Waals surface area contributed by atoms with Crippen molar-refractivity contribution in [2.24, 2.45) is 0 Å². The molecule has 1 aliphatic carbocycles. The number of hydrogen-bond acceptors (Lipinski definition) is 2. The van der Waals surface area contributed by atoms with E-state index < -0.39 is 0 Å². The Kier molecular flexibility index (Phi) is 6.67. The van der Waals surface area contributed by atoms with Crippen molar-refractivity contribution in [2.75, 3.05) is 9.80 Å². The summed E-state index contributed by atoms with van der Waals surface area (Å²) >= 11 is 0. The lowest BCUT2D eigenvalue weighted by molar-refractivity contribution is 1.02. The maximum Gasteiger partial charge on any atom is 0.0540 e. The second-order valence-corrected chi connectivity index (χ2v) is 13.2. The van der Waals surface area contributed by atoms with Gasteiger partial charge >= 0.3 is 0 Å². The van der Waals surface area contributed by atoms with Crippen molar-refractivity contribution >= 4 is 34.0 Å². The topological polar surface area (TPSA) is 6.48 Å². The van der Waals surface area contributed by atoms with Gasteiger partial charge in [0, 0.05) is 33.8 Å². The molecule has 0 amide bonds. The van der Waals surface area contributed by atoms with E-state index in [1.807, 2.05) is 0 Å². The summed E-state index contributed by atoms with van der Waals surface area (Å²) in [6.45, 7) is 0. The van der Waals surface area contributed by atoms with Crippen LogP contribution in [0.5, 0.6) is 0 Å². The summed E-state index contributed by atoms with van der Waals surface area (Å²) in [5.41, 5.74) is 19.9. The zero-order chi connectivity index (χ0) is 33.0. The van der Waals surface area contributed by atoms with Gasteiger partial charge in [-0.2, -0.15) is 0 Å². The molecule has 0 unspecified atom stereocenters. The summed E-state index contributed by atoms with van der Waals surface area (Å²) in [4.78, 5) is 4.87. The Morgan fingerprint density at radius 3 is 1.22 bits per heavy atom. The van der Waals surface area contributed by atoms with Crippen LogP contribution in [0.2, 0.25) is 0 Å². The summed E-state index contributed by atoms with van der Waals surface area (Å²) in [6, 6.07) is 62.2. The molecule has 0 N–H and O–H groups in total. The van der Waals surface area contributed by atoms with Crippen LogP contribution in [-0.2, 0) is 0 Å². The number of fused-ring (bicyclic) bond motifs is 9. The van der Waals surface area contributed by atoms with E-state index in [9.17, 15) is 0 Å². The Labute approximate surface area is 293 Å². The van der Waals surface area contributed by atoms with E-state index in [1.54, 1.807) is 0 Å². The molecule has 2 aliphatic heterocycles. The van der Waals surface area contributed by atoms with Gasteiger partial charge in [0.25, 0.3) is 0 Å². The Morgan fingerprint density at radius 1 is 0.340 bits per heavy atom. The first-order chi connectivity index (χ1) is 24.8. The van der Waals surface area contributed by atoms with Crippen LogP contribution < -0.4 is 9.80 Å². The summed E-state index contributed by atoms with van der Waals surface area (Å²) in [6.07, 6.45) is 6.74. The normalized spacial score (nSPS) is 14.0. The van der Waals surface area contributed by atoms with Crippen LogP contribution in [0, 0.1) is 0 Å². The molecule has 7 aromatic rings. The van der Waals surface area contributed by atoms with E-state index in [1.165, 1.54) is 84.1 Å². The third-order valence-corrected chi connectivity index (χ3v) is 10.5.